The molecule has 34 heavy (non-hydrogen) atoms. The van der Waals surface area contributed by atoms with E-state index in [9.17, 15) is 4.79 Å². The predicted molar refractivity (Wildman–Crippen MR) is 137 cm³/mol. The average molecular weight is 463 g/mol. The Morgan fingerprint density at radius 3 is 2.44 bits per heavy atom. The number of carbonyl (C=O) groups is 1. The highest BCUT2D eigenvalue weighted by molar-refractivity contribution is 5.96. The van der Waals surface area contributed by atoms with E-state index in [-0.39, 0.29) is 11.8 Å². The summed E-state index contributed by atoms with van der Waals surface area (Å²) in [5.41, 5.74) is 4.22. The lowest BCUT2D eigenvalue weighted by Gasteiger charge is -2.27. The van der Waals surface area contributed by atoms with Gasteiger partial charge in [0.05, 0.1) is 0 Å². The van der Waals surface area contributed by atoms with Gasteiger partial charge in [-0.2, -0.15) is 0 Å². The van der Waals surface area contributed by atoms with Gasteiger partial charge in [0.25, 0.3) is 0 Å². The topological polar surface area (TPSA) is 50.8 Å². The number of rotatable bonds is 12. The summed E-state index contributed by atoms with van der Waals surface area (Å²) in [6.45, 7) is 10.9. The summed E-state index contributed by atoms with van der Waals surface area (Å²) >= 11 is 0. The van der Waals surface area contributed by atoms with Crippen LogP contribution in [0.5, 0.6) is 11.5 Å². The Labute approximate surface area is 204 Å². The van der Waals surface area contributed by atoms with Crippen molar-refractivity contribution in [2.24, 2.45) is 0 Å². The molecule has 2 aliphatic rings. The first kappa shape index (κ1) is 24.3. The fraction of sp³-hybridized carbons (Fsp3) is 0.483. The number of likely N-dealkylation sites (tertiary alicyclic amines) is 1. The zero-order valence-corrected chi connectivity index (χ0v) is 20.5. The third-order valence-corrected chi connectivity index (χ3v) is 6.64. The fourth-order valence-electron chi connectivity index (χ4n) is 4.85. The van der Waals surface area contributed by atoms with E-state index >= 15 is 0 Å². The molecule has 0 aliphatic carbocycles. The van der Waals surface area contributed by atoms with Crippen LogP contribution in [0.3, 0.4) is 0 Å². The van der Waals surface area contributed by atoms with E-state index in [1.54, 1.807) is 0 Å². The van der Waals surface area contributed by atoms with Gasteiger partial charge in [0.2, 0.25) is 0 Å². The lowest BCUT2D eigenvalue weighted by atomic mass is 10.0. The molecule has 0 saturated carbocycles. The smallest absolute Gasteiger partial charge is 0.163 e. The van der Waals surface area contributed by atoms with Crippen molar-refractivity contribution < 1.29 is 14.3 Å². The number of ketones is 1. The lowest BCUT2D eigenvalue weighted by Crippen LogP contribution is -2.41. The van der Waals surface area contributed by atoms with Gasteiger partial charge in [-0.25, -0.2) is 0 Å². The monoisotopic (exact) mass is 462 g/mol. The number of nitrogens with zero attached hydrogens (tertiary/aromatic N) is 1. The van der Waals surface area contributed by atoms with Crippen molar-refractivity contribution in [2.75, 3.05) is 32.8 Å². The number of allylic oxidation sites excluding steroid dienone is 1. The summed E-state index contributed by atoms with van der Waals surface area (Å²) in [5, 5.41) is 3.64. The quantitative estimate of drug-likeness (QED) is 0.440. The molecule has 2 heterocycles. The Bertz CT molecular complexity index is 964. The van der Waals surface area contributed by atoms with Gasteiger partial charge in [0.15, 0.2) is 17.3 Å². The molecule has 0 spiro atoms. The minimum atomic E-state index is 0.175. The van der Waals surface area contributed by atoms with Crippen LogP contribution < -0.4 is 14.8 Å². The molecule has 2 aromatic carbocycles. The number of benzene rings is 2. The molecular weight excluding hydrogens is 424 g/mol. The van der Waals surface area contributed by atoms with Crippen molar-refractivity contribution in [2.45, 2.75) is 57.9 Å². The summed E-state index contributed by atoms with van der Waals surface area (Å²) in [7, 11) is 0. The van der Waals surface area contributed by atoms with Gasteiger partial charge in [0.1, 0.15) is 13.2 Å². The normalized spacial score (nSPS) is 16.3. The minimum Gasteiger partial charge on any atom is -0.486 e. The molecule has 1 atom stereocenters. The molecule has 0 bridgehead atoms. The maximum Gasteiger partial charge on any atom is 0.163 e. The highest BCUT2D eigenvalue weighted by atomic mass is 16.6. The number of ether oxygens (including phenoxy) is 2. The molecule has 1 N–H and O–H groups in total. The Hall–Kier alpha value is -2.79. The van der Waals surface area contributed by atoms with E-state index < -0.39 is 0 Å². The van der Waals surface area contributed by atoms with Gasteiger partial charge in [0, 0.05) is 30.3 Å². The molecule has 0 unspecified atom stereocenters. The summed E-state index contributed by atoms with van der Waals surface area (Å²) in [5.74, 6) is 1.83. The summed E-state index contributed by atoms with van der Waals surface area (Å²) in [6.07, 6.45) is 6.69. The number of hydrogen-bond acceptors (Lipinski definition) is 5. The van der Waals surface area contributed by atoms with Crippen molar-refractivity contribution in [3.05, 3.63) is 71.4 Å². The number of nitrogens with one attached hydrogen (secondary N) is 1. The van der Waals surface area contributed by atoms with Crippen LogP contribution in [0.1, 0.15) is 60.5 Å². The third-order valence-electron chi connectivity index (χ3n) is 6.64. The third kappa shape index (κ3) is 6.86. The molecule has 0 radical (unpaired) electrons. The zero-order valence-electron chi connectivity index (χ0n) is 20.5. The molecule has 2 aromatic rings. The Morgan fingerprint density at radius 1 is 1.00 bits per heavy atom. The van der Waals surface area contributed by atoms with Gasteiger partial charge in [-0.15, -0.1) is 0 Å². The summed E-state index contributed by atoms with van der Waals surface area (Å²) in [4.78, 5) is 15.2. The first-order valence-electron chi connectivity index (χ1n) is 12.8. The summed E-state index contributed by atoms with van der Waals surface area (Å²) < 4.78 is 11.4. The second-order valence-electron chi connectivity index (χ2n) is 9.50. The van der Waals surface area contributed by atoms with Gasteiger partial charge in [-0.05, 0) is 68.5 Å². The molecular formula is C29H38N2O3. The average Bonchev–Trinajstić information content (AvgIpc) is 3.36. The highest BCUT2D eigenvalue weighted by Crippen LogP contribution is 2.31. The maximum absolute atomic E-state index is 12.7. The molecule has 2 aliphatic heterocycles. The fourth-order valence-corrected chi connectivity index (χ4v) is 4.85. The molecule has 5 nitrogen and oxygen atoms in total. The summed E-state index contributed by atoms with van der Waals surface area (Å²) in [6, 6.07) is 14.5. The first-order chi connectivity index (χ1) is 16.6. The van der Waals surface area contributed by atoms with Gasteiger partial charge >= 0.3 is 0 Å². The Morgan fingerprint density at radius 2 is 1.71 bits per heavy atom. The van der Waals surface area contributed by atoms with E-state index in [0.717, 1.165) is 61.7 Å². The molecule has 0 aromatic heterocycles. The van der Waals surface area contributed by atoms with E-state index in [0.29, 0.717) is 26.1 Å². The van der Waals surface area contributed by atoms with Crippen molar-refractivity contribution in [3.63, 3.8) is 0 Å². The van der Waals surface area contributed by atoms with Gasteiger partial charge in [-0.1, -0.05) is 50.3 Å². The first-order valence-corrected chi connectivity index (χ1v) is 12.8. The number of hydrogen-bond donors (Lipinski definition) is 1. The van der Waals surface area contributed by atoms with Gasteiger partial charge < -0.3 is 19.7 Å². The van der Waals surface area contributed by atoms with Crippen LogP contribution in [0.25, 0.3) is 0 Å². The van der Waals surface area contributed by atoms with E-state index in [4.69, 9.17) is 9.47 Å². The maximum atomic E-state index is 12.7. The molecule has 4 rings (SSSR count). The van der Waals surface area contributed by atoms with Crippen LogP contribution in [-0.4, -0.2) is 49.6 Å². The van der Waals surface area contributed by atoms with E-state index in [2.05, 4.69) is 48.0 Å². The molecule has 5 heteroatoms. The van der Waals surface area contributed by atoms with E-state index in [1.165, 1.54) is 24.0 Å². The second kappa shape index (κ2) is 12.1. The van der Waals surface area contributed by atoms with Crippen LogP contribution in [0.15, 0.2) is 54.7 Å². The van der Waals surface area contributed by atoms with Crippen LogP contribution in [0.2, 0.25) is 0 Å². The molecule has 1 saturated heterocycles. The van der Waals surface area contributed by atoms with Crippen molar-refractivity contribution in [1.29, 1.82) is 0 Å². The number of Topliss-reactive ketones (excluding diaryl/α,β-unsaturated/α-hetero) is 1. The van der Waals surface area contributed by atoms with Crippen molar-refractivity contribution in [1.82, 2.24) is 10.2 Å². The van der Waals surface area contributed by atoms with Crippen molar-refractivity contribution >= 4 is 5.78 Å². The number of fused-ring (bicyclic) bond motifs is 1. The SMILES string of the molecule is C=C(CCC(=O)c1ccc(CCC)cc1)N[C@@H](Cc1ccc2c(c1)OCCO2)CN1CCCC1. The minimum absolute atomic E-state index is 0.175. The lowest BCUT2D eigenvalue weighted by molar-refractivity contribution is 0.0982. The largest absolute Gasteiger partial charge is 0.486 e. The standard InChI is InChI=1S/C29H38N2O3/c1-3-6-23-8-11-25(12-9-23)27(32)13-7-22(2)30-26(21-31-15-4-5-16-31)19-24-10-14-28-29(20-24)34-18-17-33-28/h8-12,14,20,26,30H,2-7,13,15-19,21H2,1H3/t26-/m0/s1. The van der Waals surface area contributed by atoms with Crippen LogP contribution in [-0.2, 0) is 12.8 Å². The Balaban J connectivity index is 1.33. The highest BCUT2D eigenvalue weighted by Gasteiger charge is 2.20. The molecule has 0 amide bonds. The number of carbonyl (C=O) groups excluding carboxylic acids is 1. The van der Waals surface area contributed by atoms with Gasteiger partial charge in [-0.3, -0.25) is 4.79 Å². The zero-order chi connectivity index (χ0) is 23.8. The predicted octanol–water partition coefficient (Wildman–Crippen LogP) is 5.18. The second-order valence-corrected chi connectivity index (χ2v) is 9.50. The van der Waals surface area contributed by atoms with Crippen LogP contribution >= 0.6 is 0 Å². The molecule has 182 valence electrons. The van der Waals surface area contributed by atoms with Crippen molar-refractivity contribution in [3.8, 4) is 11.5 Å². The number of aryl methyl sites for hydroxylation is 1. The van der Waals surface area contributed by atoms with Crippen LogP contribution in [0, 0.1) is 0 Å². The molecule has 1 fully saturated rings. The van der Waals surface area contributed by atoms with Crippen LogP contribution in [0.4, 0.5) is 0 Å². The Kier molecular flexibility index (Phi) is 8.64. The van der Waals surface area contributed by atoms with E-state index in [1.807, 2.05) is 18.2 Å².